The van der Waals surface area contributed by atoms with Crippen molar-refractivity contribution in [3.63, 3.8) is 0 Å². The molecule has 0 saturated carbocycles. The van der Waals surface area contributed by atoms with Crippen molar-refractivity contribution >= 4 is 10.4 Å². The van der Waals surface area contributed by atoms with E-state index in [-0.39, 0.29) is 0 Å². The van der Waals surface area contributed by atoms with E-state index in [4.69, 9.17) is 29.0 Å². The molecule has 120 valence electrons. The van der Waals surface area contributed by atoms with Crippen molar-refractivity contribution in [2.24, 2.45) is 11.5 Å². The molecule has 19 heavy (non-hydrogen) atoms. The first kappa shape index (κ1) is 23.9. The Labute approximate surface area is 118 Å². The molecular formula is C12H30N2O4S-2. The Morgan fingerprint density at radius 2 is 1.00 bits per heavy atom. The Hall–Kier alpha value is -0.210. The van der Waals surface area contributed by atoms with E-state index in [0.29, 0.717) is 0 Å². The molecule has 0 aromatic carbocycles. The first-order chi connectivity index (χ1) is 8.83. The van der Waals surface area contributed by atoms with Crippen LogP contribution in [0.2, 0.25) is 0 Å². The third kappa shape index (κ3) is 73.1. The summed E-state index contributed by atoms with van der Waals surface area (Å²) in [5.41, 5.74) is 10.5. The van der Waals surface area contributed by atoms with Gasteiger partial charge in [0.15, 0.2) is 0 Å². The molecule has 0 atom stereocenters. The zero-order valence-electron chi connectivity index (χ0n) is 12.3. The lowest BCUT2D eigenvalue weighted by Crippen LogP contribution is -1.97. The number of unbranched alkanes of at least 4 members (excludes halogenated alkanes) is 6. The Morgan fingerprint density at radius 1 is 0.737 bits per heavy atom. The van der Waals surface area contributed by atoms with E-state index in [2.05, 4.69) is 13.8 Å². The minimum absolute atomic E-state index is 0.861. The van der Waals surface area contributed by atoms with Gasteiger partial charge in [0.05, 0.1) is 0 Å². The zero-order chi connectivity index (χ0) is 15.6. The maximum Gasteiger partial charge on any atom is 0.0311 e. The molecule has 0 heterocycles. The normalized spacial score (nSPS) is 10.0. The standard InChI is InChI=1S/2C6H15N.H2O4S/c2*1-2-3-4-5-6-7;1-5(2,3)4/h2*2-7H2,1H3;(H2,1,2,3,4)/p-2. The van der Waals surface area contributed by atoms with Gasteiger partial charge in [0.25, 0.3) is 0 Å². The fraction of sp³-hybridized carbons (Fsp3) is 1.00. The molecule has 0 unspecified atom stereocenters. The van der Waals surface area contributed by atoms with Crippen LogP contribution in [-0.4, -0.2) is 30.6 Å². The molecule has 0 bridgehead atoms. The monoisotopic (exact) mass is 298 g/mol. The average molecular weight is 298 g/mol. The van der Waals surface area contributed by atoms with E-state index in [0.717, 1.165) is 13.1 Å². The fourth-order valence-electron chi connectivity index (χ4n) is 1.14. The third-order valence-electron chi connectivity index (χ3n) is 2.12. The van der Waals surface area contributed by atoms with E-state index in [1.165, 1.54) is 51.4 Å². The van der Waals surface area contributed by atoms with Gasteiger partial charge in [0, 0.05) is 10.4 Å². The summed E-state index contributed by atoms with van der Waals surface area (Å²) in [5.74, 6) is 0. The maximum atomic E-state index is 8.52. The second-order valence-corrected chi connectivity index (χ2v) is 4.92. The van der Waals surface area contributed by atoms with Crippen LogP contribution in [0, 0.1) is 0 Å². The van der Waals surface area contributed by atoms with Crippen molar-refractivity contribution in [2.75, 3.05) is 13.1 Å². The molecule has 4 N–H and O–H groups in total. The molecule has 6 nitrogen and oxygen atoms in total. The van der Waals surface area contributed by atoms with Gasteiger partial charge in [0.2, 0.25) is 0 Å². The van der Waals surface area contributed by atoms with Crippen LogP contribution in [-0.2, 0) is 10.4 Å². The highest BCUT2D eigenvalue weighted by Crippen LogP contribution is 1.95. The maximum absolute atomic E-state index is 8.52. The van der Waals surface area contributed by atoms with Crippen molar-refractivity contribution in [1.29, 1.82) is 0 Å². The van der Waals surface area contributed by atoms with Gasteiger partial charge in [-0.3, -0.25) is 8.42 Å². The first-order valence-corrected chi connectivity index (χ1v) is 8.23. The Bertz CT molecular complexity index is 208. The second kappa shape index (κ2) is 20.1. The smallest absolute Gasteiger partial charge is 0.0311 e. The summed E-state index contributed by atoms with van der Waals surface area (Å²) in [6.07, 6.45) is 10.3. The summed E-state index contributed by atoms with van der Waals surface area (Å²) in [7, 11) is -5.17. The number of rotatable bonds is 8. The lowest BCUT2D eigenvalue weighted by molar-refractivity contribution is 0.352. The Kier molecular flexibility index (Phi) is 25.3. The fourth-order valence-corrected chi connectivity index (χ4v) is 1.14. The molecular weight excluding hydrogens is 268 g/mol. The quantitative estimate of drug-likeness (QED) is 0.398. The summed E-state index contributed by atoms with van der Waals surface area (Å²) in [6.45, 7) is 6.13. The van der Waals surface area contributed by atoms with Crippen molar-refractivity contribution in [3.8, 4) is 0 Å². The molecule has 0 aliphatic heterocycles. The number of nitrogens with two attached hydrogens (primary N) is 2. The van der Waals surface area contributed by atoms with E-state index < -0.39 is 10.4 Å². The molecule has 0 aliphatic rings. The van der Waals surface area contributed by atoms with Crippen molar-refractivity contribution in [1.82, 2.24) is 0 Å². The highest BCUT2D eigenvalue weighted by atomic mass is 32.3. The molecule has 0 aromatic rings. The van der Waals surface area contributed by atoms with Gasteiger partial charge < -0.3 is 20.6 Å². The predicted molar refractivity (Wildman–Crippen MR) is 76.9 cm³/mol. The van der Waals surface area contributed by atoms with E-state index in [1.54, 1.807) is 0 Å². The van der Waals surface area contributed by atoms with Crippen molar-refractivity contribution < 1.29 is 17.5 Å². The minimum atomic E-state index is -5.17. The second-order valence-electron chi connectivity index (χ2n) is 4.11. The topological polar surface area (TPSA) is 132 Å². The van der Waals surface area contributed by atoms with Crippen LogP contribution in [0.4, 0.5) is 0 Å². The molecule has 0 aromatic heterocycles. The summed E-state index contributed by atoms with van der Waals surface area (Å²) < 4.78 is 34.1. The van der Waals surface area contributed by atoms with E-state index in [1.807, 2.05) is 0 Å². The summed E-state index contributed by atoms with van der Waals surface area (Å²) in [4.78, 5) is 0. The van der Waals surface area contributed by atoms with Gasteiger partial charge in [-0.25, -0.2) is 0 Å². The van der Waals surface area contributed by atoms with Crippen LogP contribution in [0.1, 0.15) is 65.2 Å². The van der Waals surface area contributed by atoms with Crippen LogP contribution in [0.5, 0.6) is 0 Å². The lowest BCUT2D eigenvalue weighted by Gasteiger charge is -2.06. The predicted octanol–water partition coefficient (Wildman–Crippen LogP) is 1.71. The molecule has 0 spiro atoms. The largest absolute Gasteiger partial charge is 0.759 e. The first-order valence-electron chi connectivity index (χ1n) is 6.90. The van der Waals surface area contributed by atoms with Gasteiger partial charge in [0.1, 0.15) is 0 Å². The zero-order valence-corrected chi connectivity index (χ0v) is 13.1. The SMILES string of the molecule is CCCCCCN.CCCCCCN.O=S(=O)([O-])[O-]. The van der Waals surface area contributed by atoms with Gasteiger partial charge in [-0.15, -0.1) is 0 Å². The third-order valence-corrected chi connectivity index (χ3v) is 2.12. The molecule has 0 fully saturated rings. The van der Waals surface area contributed by atoms with E-state index >= 15 is 0 Å². The summed E-state index contributed by atoms with van der Waals surface area (Å²) in [6, 6.07) is 0. The average Bonchev–Trinajstić information content (AvgIpc) is 2.29. The molecule has 7 heteroatoms. The van der Waals surface area contributed by atoms with Gasteiger partial charge in [-0.05, 0) is 25.9 Å². The number of hydrogen-bond acceptors (Lipinski definition) is 6. The van der Waals surface area contributed by atoms with Crippen LogP contribution in [0.15, 0.2) is 0 Å². The Balaban J connectivity index is -0.000000206. The van der Waals surface area contributed by atoms with Gasteiger partial charge in [-0.1, -0.05) is 52.4 Å². The minimum Gasteiger partial charge on any atom is -0.759 e. The van der Waals surface area contributed by atoms with Crippen LogP contribution < -0.4 is 11.5 Å². The van der Waals surface area contributed by atoms with Gasteiger partial charge >= 0.3 is 0 Å². The van der Waals surface area contributed by atoms with E-state index in [9.17, 15) is 0 Å². The lowest BCUT2D eigenvalue weighted by atomic mass is 10.2. The Morgan fingerprint density at radius 3 is 1.16 bits per heavy atom. The molecule has 0 saturated heterocycles. The molecule has 0 rings (SSSR count). The van der Waals surface area contributed by atoms with Gasteiger partial charge in [-0.2, -0.15) is 0 Å². The highest BCUT2D eigenvalue weighted by molar-refractivity contribution is 7.79. The van der Waals surface area contributed by atoms with Crippen LogP contribution in [0.3, 0.4) is 0 Å². The molecule has 0 aliphatic carbocycles. The number of hydrogen-bond donors (Lipinski definition) is 2. The highest BCUT2D eigenvalue weighted by Gasteiger charge is 1.80. The van der Waals surface area contributed by atoms with Crippen LogP contribution in [0.25, 0.3) is 0 Å². The molecule has 0 amide bonds. The molecule has 0 radical (unpaired) electrons. The van der Waals surface area contributed by atoms with Crippen LogP contribution >= 0.6 is 0 Å². The summed E-state index contributed by atoms with van der Waals surface area (Å²) in [5, 5.41) is 0. The summed E-state index contributed by atoms with van der Waals surface area (Å²) >= 11 is 0. The van der Waals surface area contributed by atoms with Crippen molar-refractivity contribution in [3.05, 3.63) is 0 Å². The van der Waals surface area contributed by atoms with Crippen molar-refractivity contribution in [2.45, 2.75) is 65.2 Å².